The second-order valence-electron chi connectivity index (χ2n) is 5.67. The lowest BCUT2D eigenvalue weighted by Crippen LogP contribution is -2.40. The van der Waals surface area contributed by atoms with Crippen LogP contribution in [0.5, 0.6) is 0 Å². The maximum absolute atomic E-state index is 14.1. The van der Waals surface area contributed by atoms with E-state index in [1.807, 2.05) is 24.1 Å². The van der Waals surface area contributed by atoms with Crippen LogP contribution in [0, 0.1) is 5.82 Å². The molecule has 108 valence electrons. The zero-order valence-corrected chi connectivity index (χ0v) is 12.5. The normalized spacial score (nSPS) is 25.2. The van der Waals surface area contributed by atoms with Crippen LogP contribution in [-0.4, -0.2) is 34.4 Å². The van der Waals surface area contributed by atoms with Crippen LogP contribution in [0.15, 0.2) is 24.3 Å². The van der Waals surface area contributed by atoms with Crippen molar-refractivity contribution in [1.82, 2.24) is 10.2 Å². The van der Waals surface area contributed by atoms with Gasteiger partial charge in [0.05, 0.1) is 0 Å². The Balaban J connectivity index is 1.95. The summed E-state index contributed by atoms with van der Waals surface area (Å²) in [5.41, 5.74) is 0.150. The lowest BCUT2D eigenvalue weighted by molar-refractivity contribution is -0.132. The van der Waals surface area contributed by atoms with Crippen molar-refractivity contribution in [3.8, 4) is 0 Å². The number of nitrogens with zero attached hydrogens (tertiary/aromatic N) is 1. The van der Waals surface area contributed by atoms with Gasteiger partial charge in [-0.1, -0.05) is 18.2 Å². The van der Waals surface area contributed by atoms with Crippen LogP contribution >= 0.6 is 11.8 Å². The van der Waals surface area contributed by atoms with Crippen molar-refractivity contribution in [3.05, 3.63) is 35.6 Å². The molecule has 2 fully saturated rings. The highest BCUT2D eigenvalue weighted by Gasteiger charge is 2.60. The Labute approximate surface area is 122 Å². The summed E-state index contributed by atoms with van der Waals surface area (Å²) in [6.07, 6.45) is 3.40. The Kier molecular flexibility index (Phi) is 3.50. The molecule has 1 heterocycles. The third-order valence-corrected chi connectivity index (χ3v) is 4.98. The maximum atomic E-state index is 14.1. The van der Waals surface area contributed by atoms with Crippen LogP contribution in [0.3, 0.4) is 0 Å². The van der Waals surface area contributed by atoms with Crippen LogP contribution in [-0.2, 0) is 4.79 Å². The van der Waals surface area contributed by atoms with Crippen LogP contribution in [0.4, 0.5) is 4.39 Å². The Morgan fingerprint density at radius 3 is 2.80 bits per heavy atom. The summed E-state index contributed by atoms with van der Waals surface area (Å²) in [7, 11) is 0. The second kappa shape index (κ2) is 5.04. The molecule has 2 unspecified atom stereocenters. The fraction of sp³-hybridized carbons (Fsp3) is 0.533. The SMILES string of the molecule is CSCC(C)N1C(=O)C2(CC2)NC1c1ccccc1F. The number of thioether (sulfide) groups is 1. The van der Waals surface area contributed by atoms with Gasteiger partial charge in [0.2, 0.25) is 5.91 Å². The van der Waals surface area contributed by atoms with E-state index in [0.717, 1.165) is 18.6 Å². The monoisotopic (exact) mass is 294 g/mol. The van der Waals surface area contributed by atoms with Crippen LogP contribution in [0.1, 0.15) is 31.5 Å². The van der Waals surface area contributed by atoms with E-state index in [9.17, 15) is 9.18 Å². The third-order valence-electron chi connectivity index (χ3n) is 4.17. The van der Waals surface area contributed by atoms with Crippen LogP contribution < -0.4 is 5.32 Å². The zero-order valence-electron chi connectivity index (χ0n) is 11.7. The van der Waals surface area contributed by atoms with Gasteiger partial charge in [-0.25, -0.2) is 4.39 Å². The van der Waals surface area contributed by atoms with E-state index in [0.29, 0.717) is 5.56 Å². The average molecular weight is 294 g/mol. The average Bonchev–Trinajstić information content (AvgIpc) is 3.13. The number of rotatable bonds is 4. The minimum Gasteiger partial charge on any atom is -0.318 e. The molecule has 1 N–H and O–H groups in total. The topological polar surface area (TPSA) is 32.3 Å². The number of carbonyl (C=O) groups is 1. The van der Waals surface area contributed by atoms with Gasteiger partial charge in [0.25, 0.3) is 0 Å². The van der Waals surface area contributed by atoms with Crippen molar-refractivity contribution in [1.29, 1.82) is 0 Å². The van der Waals surface area contributed by atoms with E-state index in [1.54, 1.807) is 23.9 Å². The fourth-order valence-electron chi connectivity index (χ4n) is 2.94. The van der Waals surface area contributed by atoms with Gasteiger partial charge in [0.1, 0.15) is 17.5 Å². The fourth-order valence-corrected chi connectivity index (χ4v) is 3.58. The number of hydrogen-bond acceptors (Lipinski definition) is 3. The van der Waals surface area contributed by atoms with Gasteiger partial charge in [-0.3, -0.25) is 10.1 Å². The minimum atomic E-state index is -0.417. The first-order valence-corrected chi connectivity index (χ1v) is 8.32. The molecule has 1 aliphatic carbocycles. The van der Waals surface area contributed by atoms with Crippen LogP contribution in [0.2, 0.25) is 0 Å². The number of carbonyl (C=O) groups excluding carboxylic acids is 1. The van der Waals surface area contributed by atoms with Crippen molar-refractivity contribution in [2.75, 3.05) is 12.0 Å². The number of benzene rings is 1. The molecule has 1 aromatic carbocycles. The highest BCUT2D eigenvalue weighted by molar-refractivity contribution is 7.98. The Morgan fingerprint density at radius 1 is 1.50 bits per heavy atom. The van der Waals surface area contributed by atoms with Gasteiger partial charge in [-0.15, -0.1) is 0 Å². The summed E-state index contributed by atoms with van der Waals surface area (Å²) in [6.45, 7) is 2.03. The maximum Gasteiger partial charge on any atom is 0.244 e. The van der Waals surface area contributed by atoms with Gasteiger partial charge in [-0.2, -0.15) is 11.8 Å². The standard InChI is InChI=1S/C15H19FN2OS/c1-10(9-20-2)18-13(11-5-3-4-6-12(11)16)17-15(7-8-15)14(18)19/h3-6,10,13,17H,7-9H2,1-2H3. The van der Waals surface area contributed by atoms with E-state index in [-0.39, 0.29) is 23.9 Å². The molecule has 5 heteroatoms. The molecule has 0 bridgehead atoms. The van der Waals surface area contributed by atoms with Crippen molar-refractivity contribution in [2.45, 2.75) is 37.5 Å². The predicted molar refractivity (Wildman–Crippen MR) is 78.9 cm³/mol. The molecule has 1 aromatic rings. The zero-order chi connectivity index (χ0) is 14.3. The lowest BCUT2D eigenvalue weighted by Gasteiger charge is -2.30. The Bertz CT molecular complexity index is 532. The van der Waals surface area contributed by atoms with E-state index < -0.39 is 5.54 Å². The van der Waals surface area contributed by atoms with E-state index in [4.69, 9.17) is 0 Å². The number of halogens is 1. The first-order valence-electron chi connectivity index (χ1n) is 6.93. The molecule has 0 radical (unpaired) electrons. The molecule has 0 aromatic heterocycles. The number of hydrogen-bond donors (Lipinski definition) is 1. The quantitative estimate of drug-likeness (QED) is 0.926. The van der Waals surface area contributed by atoms with Gasteiger partial charge in [0, 0.05) is 17.4 Å². The molecule has 1 aliphatic heterocycles. The molecule has 1 saturated heterocycles. The van der Waals surface area contributed by atoms with Crippen LogP contribution in [0.25, 0.3) is 0 Å². The Hall–Kier alpha value is -1.07. The van der Waals surface area contributed by atoms with Gasteiger partial charge in [0.15, 0.2) is 0 Å². The molecular weight excluding hydrogens is 275 g/mol. The second-order valence-corrected chi connectivity index (χ2v) is 6.58. The van der Waals surface area contributed by atoms with E-state index in [2.05, 4.69) is 5.32 Å². The highest BCUT2D eigenvalue weighted by atomic mass is 32.2. The third kappa shape index (κ3) is 2.13. The van der Waals surface area contributed by atoms with Crippen molar-refractivity contribution < 1.29 is 9.18 Å². The van der Waals surface area contributed by atoms with Gasteiger partial charge >= 0.3 is 0 Å². The smallest absolute Gasteiger partial charge is 0.244 e. The first-order chi connectivity index (χ1) is 9.59. The molecule has 3 rings (SSSR count). The summed E-state index contributed by atoms with van der Waals surface area (Å²) in [6, 6.07) is 6.81. The lowest BCUT2D eigenvalue weighted by atomic mass is 10.1. The number of nitrogens with one attached hydrogen (secondary N) is 1. The molecule has 20 heavy (non-hydrogen) atoms. The van der Waals surface area contributed by atoms with Crippen molar-refractivity contribution in [2.24, 2.45) is 0 Å². The summed E-state index contributed by atoms with van der Waals surface area (Å²) >= 11 is 1.71. The summed E-state index contributed by atoms with van der Waals surface area (Å²) < 4.78 is 14.1. The molecular formula is C15H19FN2OS. The van der Waals surface area contributed by atoms with Crippen molar-refractivity contribution in [3.63, 3.8) is 0 Å². The molecule has 1 saturated carbocycles. The van der Waals surface area contributed by atoms with Gasteiger partial charge in [-0.05, 0) is 32.1 Å². The molecule has 1 spiro atoms. The minimum absolute atomic E-state index is 0.0922. The summed E-state index contributed by atoms with van der Waals surface area (Å²) in [5.74, 6) is 0.734. The highest BCUT2D eigenvalue weighted by Crippen LogP contribution is 2.47. The summed E-state index contributed by atoms with van der Waals surface area (Å²) in [4.78, 5) is 14.5. The molecule has 2 aliphatic rings. The molecule has 2 atom stereocenters. The van der Waals surface area contributed by atoms with Crippen molar-refractivity contribution >= 4 is 17.7 Å². The first kappa shape index (κ1) is 13.9. The predicted octanol–water partition coefficient (Wildman–Crippen LogP) is 2.54. The molecule has 1 amide bonds. The van der Waals surface area contributed by atoms with Gasteiger partial charge < -0.3 is 4.90 Å². The van der Waals surface area contributed by atoms with E-state index in [1.165, 1.54) is 6.07 Å². The summed E-state index contributed by atoms with van der Waals surface area (Å²) in [5, 5.41) is 3.36. The molecule has 3 nitrogen and oxygen atoms in total. The van der Waals surface area contributed by atoms with E-state index >= 15 is 0 Å². The number of amides is 1. The largest absolute Gasteiger partial charge is 0.318 e. The Morgan fingerprint density at radius 2 is 2.20 bits per heavy atom.